The maximum atomic E-state index is 9.10. The number of hydrogen-bond acceptors (Lipinski definition) is 2. The minimum absolute atomic E-state index is 0.00738. The van der Waals surface area contributed by atoms with Gasteiger partial charge in [-0.1, -0.05) is 81.4 Å². The third-order valence-electron chi connectivity index (χ3n) is 5.04. The molecule has 3 heteroatoms. The Morgan fingerprint density at radius 3 is 1.75 bits per heavy atom. The molecule has 0 saturated heterocycles. The second-order valence-electron chi connectivity index (χ2n) is 7.70. The molecule has 1 saturated carbocycles. The van der Waals surface area contributed by atoms with Crippen LogP contribution in [0.1, 0.15) is 33.6 Å². The highest BCUT2D eigenvalue weighted by molar-refractivity contribution is 6.99. The highest BCUT2D eigenvalue weighted by Crippen LogP contribution is 2.41. The smallest absolute Gasteiger partial charge is 0.261 e. The summed E-state index contributed by atoms with van der Waals surface area (Å²) in [5, 5.41) is 11.7. The molecule has 2 aromatic rings. The quantitative estimate of drug-likeness (QED) is 0.795. The first kappa shape index (κ1) is 16.9. The van der Waals surface area contributed by atoms with Crippen molar-refractivity contribution in [3.8, 4) is 6.07 Å². The van der Waals surface area contributed by atoms with Crippen LogP contribution in [0.2, 0.25) is 5.04 Å². The van der Waals surface area contributed by atoms with Crippen molar-refractivity contribution >= 4 is 18.7 Å². The SMILES string of the molecule is CC(C)(C)[Si](OC1CC(C#N)C1)(c1ccccc1)c1ccccc1. The van der Waals surface area contributed by atoms with Crippen molar-refractivity contribution in [3.05, 3.63) is 60.7 Å². The summed E-state index contributed by atoms with van der Waals surface area (Å²) in [6.07, 6.45) is 1.92. The van der Waals surface area contributed by atoms with Gasteiger partial charge in [0.15, 0.2) is 0 Å². The highest BCUT2D eigenvalue weighted by Gasteiger charge is 2.52. The fraction of sp³-hybridized carbons (Fsp3) is 0.381. The number of benzene rings is 2. The molecule has 0 aliphatic heterocycles. The fourth-order valence-corrected chi connectivity index (χ4v) is 8.42. The molecule has 0 heterocycles. The van der Waals surface area contributed by atoms with E-state index in [0.717, 1.165) is 12.8 Å². The zero-order valence-corrected chi connectivity index (χ0v) is 15.7. The molecule has 0 spiro atoms. The van der Waals surface area contributed by atoms with Crippen LogP contribution in [0, 0.1) is 17.2 Å². The van der Waals surface area contributed by atoms with Gasteiger partial charge in [0, 0.05) is 6.10 Å². The van der Waals surface area contributed by atoms with E-state index in [9.17, 15) is 0 Å². The van der Waals surface area contributed by atoms with E-state index in [1.54, 1.807) is 0 Å². The molecule has 0 atom stereocenters. The Labute approximate surface area is 146 Å². The Morgan fingerprint density at radius 2 is 1.38 bits per heavy atom. The van der Waals surface area contributed by atoms with Gasteiger partial charge in [0.25, 0.3) is 8.32 Å². The molecule has 24 heavy (non-hydrogen) atoms. The molecule has 1 aliphatic carbocycles. The van der Waals surface area contributed by atoms with E-state index in [1.807, 2.05) is 0 Å². The van der Waals surface area contributed by atoms with Gasteiger partial charge in [-0.05, 0) is 28.3 Å². The van der Waals surface area contributed by atoms with Gasteiger partial charge in [-0.25, -0.2) is 0 Å². The van der Waals surface area contributed by atoms with Gasteiger partial charge in [0.2, 0.25) is 0 Å². The first-order chi connectivity index (χ1) is 11.5. The van der Waals surface area contributed by atoms with E-state index in [2.05, 4.69) is 87.5 Å². The highest BCUT2D eigenvalue weighted by atomic mass is 28.4. The van der Waals surface area contributed by atoms with Crippen LogP contribution < -0.4 is 10.4 Å². The van der Waals surface area contributed by atoms with Gasteiger partial charge in [0.1, 0.15) is 0 Å². The van der Waals surface area contributed by atoms with Crippen molar-refractivity contribution in [2.75, 3.05) is 0 Å². The molecular weight excluding hydrogens is 310 g/mol. The summed E-state index contributed by atoms with van der Waals surface area (Å²) in [5.41, 5.74) is 0. The Kier molecular flexibility index (Phi) is 4.62. The minimum Gasteiger partial charge on any atom is -0.404 e. The predicted octanol–water partition coefficient (Wildman–Crippen LogP) is 3.87. The van der Waals surface area contributed by atoms with Crippen molar-refractivity contribution in [1.82, 2.24) is 0 Å². The molecule has 0 radical (unpaired) electrons. The maximum absolute atomic E-state index is 9.10. The summed E-state index contributed by atoms with van der Waals surface area (Å²) in [6.45, 7) is 6.87. The van der Waals surface area contributed by atoms with Crippen LogP contribution in [-0.2, 0) is 4.43 Å². The molecule has 3 rings (SSSR count). The van der Waals surface area contributed by atoms with Gasteiger partial charge < -0.3 is 4.43 Å². The molecule has 124 valence electrons. The molecule has 0 amide bonds. The minimum atomic E-state index is -2.43. The third kappa shape index (κ3) is 2.92. The van der Waals surface area contributed by atoms with Crippen LogP contribution in [0.15, 0.2) is 60.7 Å². The molecule has 0 aromatic heterocycles. The monoisotopic (exact) mass is 335 g/mol. The zero-order valence-electron chi connectivity index (χ0n) is 14.7. The second-order valence-corrected chi connectivity index (χ2v) is 12.0. The van der Waals surface area contributed by atoms with Crippen LogP contribution in [0.5, 0.6) is 0 Å². The molecule has 0 unspecified atom stereocenters. The van der Waals surface area contributed by atoms with E-state index in [4.69, 9.17) is 9.69 Å². The molecular formula is C21H25NOSi. The Balaban J connectivity index is 2.10. The number of hydrogen-bond donors (Lipinski definition) is 0. The lowest BCUT2D eigenvalue weighted by molar-refractivity contribution is 0.0795. The first-order valence-electron chi connectivity index (χ1n) is 8.66. The molecule has 0 bridgehead atoms. The summed E-state index contributed by atoms with van der Waals surface area (Å²) in [5.74, 6) is 0.160. The third-order valence-corrected chi connectivity index (χ3v) is 10.1. The Bertz CT molecular complexity index is 669. The van der Waals surface area contributed by atoms with Crippen LogP contribution in [0.3, 0.4) is 0 Å². The van der Waals surface area contributed by atoms with Crippen LogP contribution in [0.25, 0.3) is 0 Å². The summed E-state index contributed by atoms with van der Waals surface area (Å²) < 4.78 is 6.93. The van der Waals surface area contributed by atoms with Gasteiger partial charge >= 0.3 is 0 Å². The number of rotatable bonds is 4. The zero-order chi connectivity index (χ0) is 17.2. The topological polar surface area (TPSA) is 33.0 Å². The fourth-order valence-electron chi connectivity index (χ4n) is 3.71. The number of nitrogens with zero attached hydrogens (tertiary/aromatic N) is 1. The maximum Gasteiger partial charge on any atom is 0.261 e. The summed E-state index contributed by atoms with van der Waals surface area (Å²) in [6, 6.07) is 23.8. The van der Waals surface area contributed by atoms with Gasteiger partial charge in [-0.2, -0.15) is 5.26 Å². The van der Waals surface area contributed by atoms with Crippen molar-refractivity contribution in [1.29, 1.82) is 5.26 Å². The van der Waals surface area contributed by atoms with Gasteiger partial charge in [-0.15, -0.1) is 0 Å². The van der Waals surface area contributed by atoms with E-state index >= 15 is 0 Å². The molecule has 0 N–H and O–H groups in total. The summed E-state index contributed by atoms with van der Waals surface area (Å²) >= 11 is 0. The average molecular weight is 336 g/mol. The second kappa shape index (κ2) is 6.55. The largest absolute Gasteiger partial charge is 0.404 e. The molecule has 1 aliphatic rings. The van der Waals surface area contributed by atoms with Gasteiger partial charge in [0.05, 0.1) is 12.0 Å². The Hall–Kier alpha value is -1.89. The molecule has 2 aromatic carbocycles. The lowest BCUT2D eigenvalue weighted by Gasteiger charge is -2.47. The van der Waals surface area contributed by atoms with E-state index in [-0.39, 0.29) is 17.1 Å². The summed E-state index contributed by atoms with van der Waals surface area (Å²) in [4.78, 5) is 0. The van der Waals surface area contributed by atoms with E-state index in [1.165, 1.54) is 10.4 Å². The lowest BCUT2D eigenvalue weighted by atomic mass is 9.84. The van der Waals surface area contributed by atoms with Crippen molar-refractivity contribution in [2.24, 2.45) is 5.92 Å². The standard InChI is InChI=1S/C21H25NOSi/c1-21(2,3)24(19-10-6-4-7-11-19,20-12-8-5-9-13-20)23-18-14-17(15-18)16-22/h4-13,17-18H,14-15H2,1-3H3. The van der Waals surface area contributed by atoms with Crippen molar-refractivity contribution < 1.29 is 4.43 Å². The Morgan fingerprint density at radius 1 is 0.917 bits per heavy atom. The van der Waals surface area contributed by atoms with Crippen molar-refractivity contribution in [3.63, 3.8) is 0 Å². The van der Waals surface area contributed by atoms with Crippen LogP contribution in [-0.4, -0.2) is 14.4 Å². The van der Waals surface area contributed by atoms with Gasteiger partial charge in [-0.3, -0.25) is 0 Å². The van der Waals surface area contributed by atoms with E-state index in [0.29, 0.717) is 0 Å². The van der Waals surface area contributed by atoms with Crippen LogP contribution in [0.4, 0.5) is 0 Å². The normalized spacial score (nSPS) is 20.9. The number of nitriles is 1. The average Bonchev–Trinajstić information content (AvgIpc) is 2.54. The lowest BCUT2D eigenvalue weighted by Crippen LogP contribution is -2.68. The van der Waals surface area contributed by atoms with Crippen molar-refractivity contribution in [2.45, 2.75) is 44.8 Å². The predicted molar refractivity (Wildman–Crippen MR) is 101 cm³/mol. The molecule has 1 fully saturated rings. The molecule has 2 nitrogen and oxygen atoms in total. The summed E-state index contributed by atoms with van der Waals surface area (Å²) in [7, 11) is -2.43. The van der Waals surface area contributed by atoms with Crippen LogP contribution >= 0.6 is 0 Å². The first-order valence-corrected chi connectivity index (χ1v) is 10.6. The van der Waals surface area contributed by atoms with E-state index < -0.39 is 8.32 Å².